The van der Waals surface area contributed by atoms with Crippen molar-refractivity contribution in [3.8, 4) is 11.5 Å². The summed E-state index contributed by atoms with van der Waals surface area (Å²) >= 11 is 0. The van der Waals surface area contributed by atoms with Crippen LogP contribution in [0.4, 0.5) is 0 Å². The molecular weight excluding hydrogens is 342 g/mol. The second-order valence-electron chi connectivity index (χ2n) is 6.31. The first-order valence-electron chi connectivity index (χ1n) is 9.26. The molecule has 27 heavy (non-hydrogen) atoms. The van der Waals surface area contributed by atoms with Crippen LogP contribution < -0.4 is 20.1 Å². The second-order valence-corrected chi connectivity index (χ2v) is 6.31. The molecule has 6 heteroatoms. The molecule has 1 aliphatic rings. The van der Waals surface area contributed by atoms with Crippen LogP contribution in [0.1, 0.15) is 23.6 Å². The molecule has 2 N–H and O–H groups in total. The maximum atomic E-state index is 5.43. The van der Waals surface area contributed by atoms with Crippen molar-refractivity contribution in [2.75, 3.05) is 27.0 Å². The van der Waals surface area contributed by atoms with Crippen LogP contribution in [0, 0.1) is 0 Å². The van der Waals surface area contributed by atoms with Gasteiger partial charge >= 0.3 is 0 Å². The summed E-state index contributed by atoms with van der Waals surface area (Å²) in [6.07, 6.45) is 0.882. The molecule has 2 aromatic carbocycles. The predicted octanol–water partition coefficient (Wildman–Crippen LogP) is 2.86. The van der Waals surface area contributed by atoms with E-state index in [0.29, 0.717) is 19.9 Å². The molecule has 2 aromatic rings. The van der Waals surface area contributed by atoms with E-state index in [2.05, 4.69) is 52.9 Å². The third kappa shape index (κ3) is 5.62. The highest BCUT2D eigenvalue weighted by atomic mass is 16.7. The van der Waals surface area contributed by atoms with Crippen molar-refractivity contribution in [3.05, 3.63) is 59.2 Å². The highest BCUT2D eigenvalue weighted by molar-refractivity contribution is 5.79. The normalized spacial score (nSPS) is 12.9. The van der Waals surface area contributed by atoms with Crippen molar-refractivity contribution in [3.63, 3.8) is 0 Å². The highest BCUT2D eigenvalue weighted by Gasteiger charge is 2.12. The minimum Gasteiger partial charge on any atom is -0.454 e. The molecule has 0 bridgehead atoms. The van der Waals surface area contributed by atoms with Crippen LogP contribution in [0.3, 0.4) is 0 Å². The van der Waals surface area contributed by atoms with Crippen LogP contribution in [0.2, 0.25) is 0 Å². The lowest BCUT2D eigenvalue weighted by molar-refractivity contribution is 0.174. The van der Waals surface area contributed by atoms with E-state index in [-0.39, 0.29) is 0 Å². The Morgan fingerprint density at radius 3 is 2.52 bits per heavy atom. The van der Waals surface area contributed by atoms with E-state index in [1.807, 2.05) is 12.1 Å². The molecule has 0 fully saturated rings. The number of nitrogens with zero attached hydrogens (tertiary/aromatic N) is 1. The first kappa shape index (κ1) is 19.0. The average molecular weight is 369 g/mol. The van der Waals surface area contributed by atoms with Crippen LogP contribution in [0.15, 0.2) is 47.5 Å². The lowest BCUT2D eigenvalue weighted by Crippen LogP contribution is -2.38. The topological polar surface area (TPSA) is 64.1 Å². The molecule has 0 spiro atoms. The summed E-state index contributed by atoms with van der Waals surface area (Å²) in [5.74, 6) is 2.46. The van der Waals surface area contributed by atoms with Crippen molar-refractivity contribution >= 4 is 5.96 Å². The SMILES string of the molecule is CCNC(=NCc1ccc(COC)cc1)NCCc1ccc2c(c1)OCO2. The van der Waals surface area contributed by atoms with Gasteiger partial charge in [0.05, 0.1) is 13.2 Å². The maximum absolute atomic E-state index is 5.43. The van der Waals surface area contributed by atoms with Gasteiger partial charge < -0.3 is 24.8 Å². The zero-order chi connectivity index (χ0) is 18.9. The third-order valence-electron chi connectivity index (χ3n) is 4.24. The zero-order valence-electron chi connectivity index (χ0n) is 16.0. The number of rotatable bonds is 8. The number of benzene rings is 2. The molecule has 1 heterocycles. The Morgan fingerprint density at radius 2 is 1.74 bits per heavy atom. The minimum atomic E-state index is 0.306. The smallest absolute Gasteiger partial charge is 0.231 e. The Morgan fingerprint density at radius 1 is 1.00 bits per heavy atom. The number of hydrogen-bond acceptors (Lipinski definition) is 4. The maximum Gasteiger partial charge on any atom is 0.231 e. The fourth-order valence-electron chi connectivity index (χ4n) is 2.84. The Balaban J connectivity index is 1.51. The van der Waals surface area contributed by atoms with Gasteiger partial charge in [0.1, 0.15) is 0 Å². The second kappa shape index (κ2) is 9.83. The molecule has 1 aliphatic heterocycles. The zero-order valence-corrected chi connectivity index (χ0v) is 16.0. The lowest BCUT2D eigenvalue weighted by Gasteiger charge is -2.11. The number of methoxy groups -OCH3 is 1. The molecule has 0 saturated heterocycles. The molecule has 6 nitrogen and oxygen atoms in total. The number of hydrogen-bond donors (Lipinski definition) is 2. The molecule has 0 aromatic heterocycles. The molecule has 0 saturated carbocycles. The van der Waals surface area contributed by atoms with Crippen LogP contribution in [-0.2, 0) is 24.3 Å². The van der Waals surface area contributed by atoms with Gasteiger partial charge in [0.25, 0.3) is 0 Å². The molecular formula is C21H27N3O3. The van der Waals surface area contributed by atoms with Crippen LogP contribution >= 0.6 is 0 Å². The number of nitrogens with one attached hydrogen (secondary N) is 2. The van der Waals surface area contributed by atoms with Gasteiger partial charge in [-0.15, -0.1) is 0 Å². The first-order valence-corrected chi connectivity index (χ1v) is 9.26. The Kier molecular flexibility index (Phi) is 6.93. The average Bonchev–Trinajstić information content (AvgIpc) is 3.15. The molecule has 3 rings (SSSR count). The van der Waals surface area contributed by atoms with Gasteiger partial charge in [-0.2, -0.15) is 0 Å². The minimum absolute atomic E-state index is 0.306. The van der Waals surface area contributed by atoms with Crippen molar-refractivity contribution in [2.24, 2.45) is 4.99 Å². The molecule has 144 valence electrons. The van der Waals surface area contributed by atoms with E-state index in [1.54, 1.807) is 7.11 Å². The predicted molar refractivity (Wildman–Crippen MR) is 106 cm³/mol. The van der Waals surface area contributed by atoms with Gasteiger partial charge in [0.2, 0.25) is 6.79 Å². The quantitative estimate of drug-likeness (QED) is 0.553. The summed E-state index contributed by atoms with van der Waals surface area (Å²) in [5, 5.41) is 6.67. The summed E-state index contributed by atoms with van der Waals surface area (Å²) in [5.41, 5.74) is 3.54. The van der Waals surface area contributed by atoms with Crippen LogP contribution in [0.5, 0.6) is 11.5 Å². The van der Waals surface area contributed by atoms with Crippen molar-refractivity contribution in [1.29, 1.82) is 0 Å². The van der Waals surface area contributed by atoms with E-state index in [9.17, 15) is 0 Å². The first-order chi connectivity index (χ1) is 13.3. The largest absolute Gasteiger partial charge is 0.454 e. The van der Waals surface area contributed by atoms with Crippen LogP contribution in [-0.4, -0.2) is 33.0 Å². The fourth-order valence-corrected chi connectivity index (χ4v) is 2.84. The highest BCUT2D eigenvalue weighted by Crippen LogP contribution is 2.32. The number of aliphatic imine (C=N–C) groups is 1. The molecule has 0 radical (unpaired) electrons. The molecule has 0 unspecified atom stereocenters. The Labute approximate surface area is 160 Å². The third-order valence-corrected chi connectivity index (χ3v) is 4.24. The summed E-state index contributed by atoms with van der Waals surface area (Å²) < 4.78 is 15.9. The van der Waals surface area contributed by atoms with Gasteiger partial charge in [-0.1, -0.05) is 30.3 Å². The van der Waals surface area contributed by atoms with Crippen molar-refractivity contribution < 1.29 is 14.2 Å². The number of guanidine groups is 1. The number of fused-ring (bicyclic) bond motifs is 1. The van der Waals surface area contributed by atoms with Crippen LogP contribution in [0.25, 0.3) is 0 Å². The van der Waals surface area contributed by atoms with E-state index < -0.39 is 0 Å². The summed E-state index contributed by atoms with van der Waals surface area (Å²) in [6, 6.07) is 14.4. The molecule has 0 amide bonds. The van der Waals surface area contributed by atoms with E-state index in [1.165, 1.54) is 16.7 Å². The Hall–Kier alpha value is -2.73. The lowest BCUT2D eigenvalue weighted by atomic mass is 10.1. The van der Waals surface area contributed by atoms with E-state index in [0.717, 1.165) is 37.0 Å². The fraction of sp³-hybridized carbons (Fsp3) is 0.381. The summed E-state index contributed by atoms with van der Waals surface area (Å²) in [4.78, 5) is 4.67. The summed E-state index contributed by atoms with van der Waals surface area (Å²) in [7, 11) is 1.70. The van der Waals surface area contributed by atoms with Crippen molar-refractivity contribution in [1.82, 2.24) is 10.6 Å². The van der Waals surface area contributed by atoms with E-state index >= 15 is 0 Å². The monoisotopic (exact) mass is 369 g/mol. The Bertz CT molecular complexity index is 760. The van der Waals surface area contributed by atoms with E-state index in [4.69, 9.17) is 14.2 Å². The molecule has 0 aliphatic carbocycles. The summed E-state index contributed by atoms with van der Waals surface area (Å²) in [6.45, 7) is 5.25. The van der Waals surface area contributed by atoms with Gasteiger partial charge in [0.15, 0.2) is 17.5 Å². The van der Waals surface area contributed by atoms with Gasteiger partial charge in [0, 0.05) is 20.2 Å². The number of ether oxygens (including phenoxy) is 3. The van der Waals surface area contributed by atoms with Gasteiger partial charge in [-0.05, 0) is 42.2 Å². The standard InChI is InChI=1S/C21H27N3O3/c1-3-22-21(24-13-17-4-6-18(7-5-17)14-25-2)23-11-10-16-8-9-19-20(12-16)27-15-26-19/h4-9,12H,3,10-11,13-15H2,1-2H3,(H2,22,23,24). The van der Waals surface area contributed by atoms with Gasteiger partial charge in [-0.25, -0.2) is 4.99 Å². The van der Waals surface area contributed by atoms with Gasteiger partial charge in [-0.3, -0.25) is 0 Å². The van der Waals surface area contributed by atoms with Crippen molar-refractivity contribution in [2.45, 2.75) is 26.5 Å². The molecule has 0 atom stereocenters.